The highest BCUT2D eigenvalue weighted by atomic mass is 16.2. The summed E-state index contributed by atoms with van der Waals surface area (Å²) < 4.78 is 0. The number of amides is 2. The first-order valence-electron chi connectivity index (χ1n) is 11.5. The lowest BCUT2D eigenvalue weighted by Gasteiger charge is -2.23. The SMILES string of the molecule is Cc1cc2ccc(C(=O)N3Cc4ccccc4C3)nc2cc1CC1(C)C(=O)Nc2ncccc21. The van der Waals surface area contributed by atoms with Gasteiger partial charge in [-0.1, -0.05) is 36.4 Å². The fraction of sp³-hybridized carbons (Fsp3) is 0.214. The Morgan fingerprint density at radius 2 is 1.82 bits per heavy atom. The molecule has 0 spiro atoms. The van der Waals surface area contributed by atoms with Gasteiger partial charge in [-0.15, -0.1) is 0 Å². The molecule has 6 heteroatoms. The standard InChI is InChI=1S/C28H24N4O2/c1-17-12-18-9-10-23(26(33)32-15-19-6-3-4-7-20(19)16-32)30-24(18)13-21(17)14-28(2)22-8-5-11-29-25(22)31-27(28)34/h3-13H,14-16H2,1-2H3,(H,29,31,34). The summed E-state index contributed by atoms with van der Waals surface area (Å²) in [7, 11) is 0. The maximum Gasteiger partial charge on any atom is 0.273 e. The van der Waals surface area contributed by atoms with Crippen molar-refractivity contribution in [2.45, 2.75) is 38.8 Å². The van der Waals surface area contributed by atoms with Crippen LogP contribution in [0.1, 0.15) is 45.2 Å². The largest absolute Gasteiger partial charge is 0.329 e. The number of hydrogen-bond donors (Lipinski definition) is 1. The Hall–Kier alpha value is -4.06. The summed E-state index contributed by atoms with van der Waals surface area (Å²) in [4.78, 5) is 37.0. The predicted molar refractivity (Wildman–Crippen MR) is 130 cm³/mol. The molecule has 2 aromatic carbocycles. The van der Waals surface area contributed by atoms with E-state index in [0.717, 1.165) is 27.6 Å². The van der Waals surface area contributed by atoms with Gasteiger partial charge in [-0.25, -0.2) is 9.97 Å². The van der Waals surface area contributed by atoms with Crippen LogP contribution in [-0.4, -0.2) is 26.7 Å². The molecular formula is C28H24N4O2. The average molecular weight is 449 g/mol. The molecule has 2 amide bonds. The minimum Gasteiger partial charge on any atom is -0.329 e. The van der Waals surface area contributed by atoms with E-state index in [4.69, 9.17) is 4.98 Å². The normalized spacial score (nSPS) is 18.6. The molecule has 1 N–H and O–H groups in total. The molecule has 168 valence electrons. The van der Waals surface area contributed by atoms with E-state index in [0.29, 0.717) is 31.0 Å². The first kappa shape index (κ1) is 20.5. The summed E-state index contributed by atoms with van der Waals surface area (Å²) in [5, 5.41) is 3.89. The molecule has 0 saturated carbocycles. The summed E-state index contributed by atoms with van der Waals surface area (Å²) in [5.74, 6) is 0.514. The summed E-state index contributed by atoms with van der Waals surface area (Å²) >= 11 is 0. The minimum absolute atomic E-state index is 0.0498. The Morgan fingerprint density at radius 3 is 2.59 bits per heavy atom. The highest BCUT2D eigenvalue weighted by Gasteiger charge is 2.43. The van der Waals surface area contributed by atoms with Crippen molar-refractivity contribution in [3.05, 3.63) is 100 Å². The van der Waals surface area contributed by atoms with Crippen LogP contribution in [0.15, 0.2) is 66.9 Å². The number of anilines is 1. The summed E-state index contributed by atoms with van der Waals surface area (Å²) in [6, 6.07) is 19.8. The van der Waals surface area contributed by atoms with Crippen LogP contribution in [-0.2, 0) is 29.7 Å². The topological polar surface area (TPSA) is 75.2 Å². The second kappa shape index (κ2) is 7.48. The van der Waals surface area contributed by atoms with Gasteiger partial charge in [0.25, 0.3) is 5.91 Å². The molecule has 4 heterocycles. The summed E-state index contributed by atoms with van der Waals surface area (Å²) in [6.07, 6.45) is 2.22. The zero-order chi connectivity index (χ0) is 23.4. The lowest BCUT2D eigenvalue weighted by molar-refractivity contribution is -0.120. The van der Waals surface area contributed by atoms with Crippen LogP contribution in [0.3, 0.4) is 0 Å². The number of pyridine rings is 2. The van der Waals surface area contributed by atoms with Crippen molar-refractivity contribution in [2.75, 3.05) is 5.32 Å². The number of hydrogen-bond acceptors (Lipinski definition) is 4. The maximum absolute atomic E-state index is 13.2. The van der Waals surface area contributed by atoms with Gasteiger partial charge in [0.15, 0.2) is 0 Å². The van der Waals surface area contributed by atoms with Crippen molar-refractivity contribution < 1.29 is 9.59 Å². The van der Waals surface area contributed by atoms with Crippen molar-refractivity contribution in [3.63, 3.8) is 0 Å². The highest BCUT2D eigenvalue weighted by Crippen LogP contribution is 2.39. The molecule has 2 aromatic heterocycles. The lowest BCUT2D eigenvalue weighted by Crippen LogP contribution is -2.33. The molecule has 1 atom stereocenters. The Morgan fingerprint density at radius 1 is 1.06 bits per heavy atom. The van der Waals surface area contributed by atoms with Gasteiger partial charge in [0, 0.05) is 30.2 Å². The first-order chi connectivity index (χ1) is 16.4. The van der Waals surface area contributed by atoms with Crippen LogP contribution in [0, 0.1) is 6.92 Å². The second-order valence-electron chi connectivity index (χ2n) is 9.46. The third kappa shape index (κ3) is 3.17. The first-order valence-corrected chi connectivity index (χ1v) is 11.5. The van der Waals surface area contributed by atoms with Gasteiger partial charge in [0.2, 0.25) is 5.91 Å². The summed E-state index contributed by atoms with van der Waals surface area (Å²) in [6.45, 7) is 5.22. The zero-order valence-corrected chi connectivity index (χ0v) is 19.1. The highest BCUT2D eigenvalue weighted by molar-refractivity contribution is 6.05. The fourth-order valence-corrected chi connectivity index (χ4v) is 5.15. The summed E-state index contributed by atoms with van der Waals surface area (Å²) in [5.41, 5.74) is 5.90. The number of benzene rings is 2. The monoisotopic (exact) mass is 448 g/mol. The number of aromatic nitrogens is 2. The van der Waals surface area contributed by atoms with Crippen LogP contribution < -0.4 is 5.32 Å². The molecule has 1 unspecified atom stereocenters. The third-order valence-corrected chi connectivity index (χ3v) is 7.17. The van der Waals surface area contributed by atoms with Crippen molar-refractivity contribution >= 4 is 28.5 Å². The van der Waals surface area contributed by atoms with Crippen molar-refractivity contribution in [2.24, 2.45) is 0 Å². The quantitative estimate of drug-likeness (QED) is 0.499. The van der Waals surface area contributed by atoms with Gasteiger partial charge in [-0.2, -0.15) is 0 Å². The maximum atomic E-state index is 13.2. The predicted octanol–water partition coefficient (Wildman–Crippen LogP) is 4.55. The van der Waals surface area contributed by atoms with Gasteiger partial charge in [0.05, 0.1) is 10.9 Å². The van der Waals surface area contributed by atoms with E-state index < -0.39 is 5.41 Å². The molecular weight excluding hydrogens is 424 g/mol. The van der Waals surface area contributed by atoms with Gasteiger partial charge >= 0.3 is 0 Å². The zero-order valence-electron chi connectivity index (χ0n) is 19.1. The van der Waals surface area contributed by atoms with Crippen LogP contribution in [0.2, 0.25) is 0 Å². The number of rotatable bonds is 3. The van der Waals surface area contributed by atoms with E-state index in [2.05, 4.69) is 35.4 Å². The number of carbonyl (C=O) groups excluding carboxylic acids is 2. The number of nitrogens with zero attached hydrogens (tertiary/aromatic N) is 3. The van der Waals surface area contributed by atoms with Crippen LogP contribution in [0.4, 0.5) is 5.82 Å². The van der Waals surface area contributed by atoms with E-state index in [1.807, 2.05) is 48.2 Å². The number of nitrogens with one attached hydrogen (secondary N) is 1. The Kier molecular flexibility index (Phi) is 4.52. The van der Waals surface area contributed by atoms with Gasteiger partial charge in [0.1, 0.15) is 11.5 Å². The van der Waals surface area contributed by atoms with Gasteiger partial charge in [-0.05, 0) is 66.8 Å². The van der Waals surface area contributed by atoms with Crippen LogP contribution in [0.25, 0.3) is 10.9 Å². The van der Waals surface area contributed by atoms with E-state index in [1.54, 1.807) is 12.3 Å². The van der Waals surface area contributed by atoms with Gasteiger partial charge in [-0.3, -0.25) is 9.59 Å². The van der Waals surface area contributed by atoms with E-state index >= 15 is 0 Å². The molecule has 0 fully saturated rings. The molecule has 2 aliphatic heterocycles. The van der Waals surface area contributed by atoms with Crippen molar-refractivity contribution in [3.8, 4) is 0 Å². The Bertz CT molecular complexity index is 1470. The van der Waals surface area contributed by atoms with Crippen molar-refractivity contribution in [1.29, 1.82) is 0 Å². The second-order valence-corrected chi connectivity index (χ2v) is 9.46. The van der Waals surface area contributed by atoms with Gasteiger partial charge < -0.3 is 10.2 Å². The molecule has 6 rings (SSSR count). The molecule has 0 aliphatic carbocycles. The molecule has 34 heavy (non-hydrogen) atoms. The Labute approximate surface area is 197 Å². The number of fused-ring (bicyclic) bond motifs is 3. The van der Waals surface area contributed by atoms with Crippen molar-refractivity contribution in [1.82, 2.24) is 14.9 Å². The Balaban J connectivity index is 1.33. The average Bonchev–Trinajstić information content (AvgIpc) is 3.38. The molecule has 2 aliphatic rings. The molecule has 0 bridgehead atoms. The molecule has 0 saturated heterocycles. The smallest absolute Gasteiger partial charge is 0.273 e. The third-order valence-electron chi connectivity index (χ3n) is 7.17. The number of carbonyl (C=O) groups is 2. The number of aryl methyl sites for hydroxylation is 1. The van der Waals surface area contributed by atoms with Crippen LogP contribution >= 0.6 is 0 Å². The fourth-order valence-electron chi connectivity index (χ4n) is 5.15. The van der Waals surface area contributed by atoms with Crippen LogP contribution in [0.5, 0.6) is 0 Å². The molecule has 4 aromatic rings. The lowest BCUT2D eigenvalue weighted by atomic mass is 9.78. The minimum atomic E-state index is -0.712. The van der Waals surface area contributed by atoms with E-state index in [-0.39, 0.29) is 11.8 Å². The van der Waals surface area contributed by atoms with E-state index in [1.165, 1.54) is 11.1 Å². The van der Waals surface area contributed by atoms with E-state index in [9.17, 15) is 9.59 Å². The molecule has 0 radical (unpaired) electrons. The molecule has 6 nitrogen and oxygen atoms in total.